The van der Waals surface area contributed by atoms with E-state index in [2.05, 4.69) is 30.2 Å². The number of halogens is 3. The molecule has 0 saturated heterocycles. The maximum Gasteiger partial charge on any atom is 0.433 e. The first kappa shape index (κ1) is 32.8. The average Bonchev–Trinajstić information content (AvgIpc) is 3.75. The molecule has 1 saturated carbocycles. The summed E-state index contributed by atoms with van der Waals surface area (Å²) >= 11 is 0. The predicted octanol–water partition coefficient (Wildman–Crippen LogP) is 6.08. The van der Waals surface area contributed by atoms with E-state index in [1.807, 2.05) is 25.8 Å². The summed E-state index contributed by atoms with van der Waals surface area (Å²) in [6.45, 7) is 5.07. The first-order valence-corrected chi connectivity index (χ1v) is 14.9. The third-order valence-electron chi connectivity index (χ3n) is 7.62. The summed E-state index contributed by atoms with van der Waals surface area (Å²) in [5, 5.41) is 11.5. The van der Waals surface area contributed by atoms with Gasteiger partial charge in [0.1, 0.15) is 16.9 Å². The van der Waals surface area contributed by atoms with E-state index in [0.717, 1.165) is 24.5 Å². The second kappa shape index (κ2) is 13.0. The van der Waals surface area contributed by atoms with Crippen molar-refractivity contribution < 1.29 is 32.6 Å². The van der Waals surface area contributed by atoms with Crippen LogP contribution in [0.5, 0.6) is 0 Å². The van der Waals surface area contributed by atoms with Gasteiger partial charge in [-0.05, 0) is 55.5 Å². The van der Waals surface area contributed by atoms with Crippen molar-refractivity contribution in [3.8, 4) is 11.3 Å². The molecule has 14 heteroatoms. The lowest BCUT2D eigenvalue weighted by atomic mass is 9.94. The molecule has 0 unspecified atom stereocenters. The highest BCUT2D eigenvalue weighted by Gasteiger charge is 2.36. The van der Waals surface area contributed by atoms with Crippen molar-refractivity contribution in [2.45, 2.75) is 58.0 Å². The van der Waals surface area contributed by atoms with Crippen molar-refractivity contribution in [1.82, 2.24) is 24.9 Å². The van der Waals surface area contributed by atoms with Gasteiger partial charge in [0.25, 0.3) is 5.91 Å². The Labute approximate surface area is 263 Å². The maximum absolute atomic E-state index is 13.8. The van der Waals surface area contributed by atoms with Crippen LogP contribution in [0.1, 0.15) is 72.9 Å². The summed E-state index contributed by atoms with van der Waals surface area (Å²) in [5.74, 6) is -1.33. The number of alkyl halides is 3. The molecule has 0 aromatic carbocycles. The number of ether oxygens (including phenoxy) is 1. The van der Waals surface area contributed by atoms with Crippen molar-refractivity contribution in [2.24, 2.45) is 5.41 Å². The molecule has 11 nitrogen and oxygen atoms in total. The normalized spacial score (nSPS) is 13.6. The van der Waals surface area contributed by atoms with Crippen molar-refractivity contribution in [3.63, 3.8) is 0 Å². The average molecular weight is 640 g/mol. The summed E-state index contributed by atoms with van der Waals surface area (Å²) in [6.07, 6.45) is -0.520. The maximum atomic E-state index is 13.8. The number of nitrogens with zero attached hydrogens (tertiary/aromatic N) is 5. The van der Waals surface area contributed by atoms with Crippen molar-refractivity contribution in [2.75, 3.05) is 37.5 Å². The van der Waals surface area contributed by atoms with Crippen LogP contribution in [0.25, 0.3) is 22.4 Å². The number of aryl methyl sites for hydroxylation is 1. The minimum atomic E-state index is -4.62. The number of hydrogen-bond acceptors (Lipinski definition) is 8. The molecular formula is C32H36F3N7O4. The molecule has 0 aliphatic heterocycles. The van der Waals surface area contributed by atoms with Crippen molar-refractivity contribution >= 4 is 34.7 Å². The number of nitrogens with one attached hydrogen (secondary N) is 2. The van der Waals surface area contributed by atoms with Gasteiger partial charge in [0.15, 0.2) is 5.65 Å². The number of pyridine rings is 3. The molecule has 0 bridgehead atoms. The number of aromatic amines is 1. The Kier molecular flexibility index (Phi) is 9.29. The van der Waals surface area contributed by atoms with E-state index in [1.54, 1.807) is 31.4 Å². The number of amides is 1. The number of H-pyrrole nitrogens is 1. The molecule has 4 aromatic rings. The molecular weight excluding hydrogens is 603 g/mol. The molecule has 1 aliphatic carbocycles. The fourth-order valence-corrected chi connectivity index (χ4v) is 5.40. The molecule has 244 valence electrons. The zero-order valence-electron chi connectivity index (χ0n) is 26.0. The molecule has 1 amide bonds. The summed E-state index contributed by atoms with van der Waals surface area (Å²) < 4.78 is 46.9. The van der Waals surface area contributed by atoms with Crippen LogP contribution in [-0.2, 0) is 22.1 Å². The molecule has 0 radical (unpaired) electrons. The SMILES string of the molecule is COCC(C)(C)CN(C)c1cc(-c2cc(C3CC3)nc(C(F)(F)F)c2)nc2nc(NC(=O)c3ccc(CCCC(=O)O)cn3)[nH]c12. The van der Waals surface area contributed by atoms with Gasteiger partial charge in [-0.25, -0.2) is 9.97 Å². The van der Waals surface area contributed by atoms with Crippen LogP contribution in [0.4, 0.5) is 24.8 Å². The van der Waals surface area contributed by atoms with Gasteiger partial charge in [0.2, 0.25) is 5.95 Å². The molecule has 4 heterocycles. The number of carboxylic acids is 1. The number of aromatic nitrogens is 5. The summed E-state index contributed by atoms with van der Waals surface area (Å²) in [4.78, 5) is 46.1. The molecule has 1 aliphatic rings. The minimum Gasteiger partial charge on any atom is -0.481 e. The molecule has 0 atom stereocenters. The van der Waals surface area contributed by atoms with Crippen LogP contribution < -0.4 is 10.2 Å². The highest BCUT2D eigenvalue weighted by Crippen LogP contribution is 2.42. The van der Waals surface area contributed by atoms with E-state index in [4.69, 9.17) is 9.84 Å². The van der Waals surface area contributed by atoms with E-state index in [0.29, 0.717) is 48.6 Å². The van der Waals surface area contributed by atoms with Crippen LogP contribution in [0.3, 0.4) is 0 Å². The van der Waals surface area contributed by atoms with Crippen LogP contribution in [0.2, 0.25) is 0 Å². The Balaban J connectivity index is 1.49. The lowest BCUT2D eigenvalue weighted by molar-refractivity contribution is -0.141. The van der Waals surface area contributed by atoms with Crippen LogP contribution >= 0.6 is 0 Å². The summed E-state index contributed by atoms with van der Waals surface area (Å²) in [7, 11) is 3.48. The number of carbonyl (C=O) groups is 2. The predicted molar refractivity (Wildman–Crippen MR) is 166 cm³/mol. The van der Waals surface area contributed by atoms with Gasteiger partial charge in [-0.15, -0.1) is 0 Å². The first-order chi connectivity index (χ1) is 21.7. The number of imidazole rings is 1. The van der Waals surface area contributed by atoms with E-state index in [9.17, 15) is 22.8 Å². The van der Waals surface area contributed by atoms with Gasteiger partial charge in [-0.3, -0.25) is 19.9 Å². The molecule has 4 aromatic heterocycles. The number of fused-ring (bicyclic) bond motifs is 1. The second-order valence-corrected chi connectivity index (χ2v) is 12.5. The minimum absolute atomic E-state index is 0.0126. The van der Waals surface area contributed by atoms with E-state index < -0.39 is 23.7 Å². The second-order valence-electron chi connectivity index (χ2n) is 12.5. The van der Waals surface area contributed by atoms with Crippen LogP contribution in [0, 0.1) is 5.41 Å². The first-order valence-electron chi connectivity index (χ1n) is 14.9. The molecule has 0 spiro atoms. The number of aliphatic carboxylic acids is 1. The van der Waals surface area contributed by atoms with Gasteiger partial charge in [-0.2, -0.15) is 18.2 Å². The highest BCUT2D eigenvalue weighted by atomic mass is 19.4. The van der Waals surface area contributed by atoms with E-state index in [-0.39, 0.29) is 40.6 Å². The number of rotatable bonds is 13. The standard InChI is InChI=1S/C32H36F3N7O4/c1-31(2,17-46-4)16-42(3)24-14-23(20-12-22(19-9-10-19)37-25(13-20)32(33,34)35)38-28-27(24)39-30(40-28)41-29(45)21-11-8-18(15-36-21)6-5-7-26(43)44/h8,11-15,19H,5-7,9-10,16-17H2,1-4H3,(H,43,44)(H2,38,39,40,41,45). The zero-order valence-corrected chi connectivity index (χ0v) is 26.0. The Morgan fingerprint density at radius 3 is 2.52 bits per heavy atom. The number of anilines is 2. The van der Waals surface area contributed by atoms with Gasteiger partial charge in [-0.1, -0.05) is 19.9 Å². The Hall–Kier alpha value is -4.59. The van der Waals surface area contributed by atoms with E-state index >= 15 is 0 Å². The number of methoxy groups -OCH3 is 1. The fourth-order valence-electron chi connectivity index (χ4n) is 5.40. The Morgan fingerprint density at radius 2 is 1.89 bits per heavy atom. The van der Waals surface area contributed by atoms with Crippen LogP contribution in [-0.4, -0.2) is 69.2 Å². The van der Waals surface area contributed by atoms with Crippen molar-refractivity contribution in [1.29, 1.82) is 0 Å². The fraction of sp³-hybridized carbons (Fsp3) is 0.438. The highest BCUT2D eigenvalue weighted by molar-refractivity contribution is 6.03. The summed E-state index contributed by atoms with van der Waals surface area (Å²) in [5.41, 5.74) is 1.95. The zero-order chi connectivity index (χ0) is 33.2. The molecule has 1 fully saturated rings. The van der Waals surface area contributed by atoms with E-state index in [1.165, 1.54) is 6.20 Å². The molecule has 5 rings (SSSR count). The topological polar surface area (TPSA) is 146 Å². The van der Waals surface area contributed by atoms with Gasteiger partial charge >= 0.3 is 12.1 Å². The van der Waals surface area contributed by atoms with Crippen molar-refractivity contribution in [3.05, 3.63) is 59.2 Å². The quantitative estimate of drug-likeness (QED) is 0.158. The lowest BCUT2D eigenvalue weighted by Gasteiger charge is -2.31. The third-order valence-corrected chi connectivity index (χ3v) is 7.62. The summed E-state index contributed by atoms with van der Waals surface area (Å²) in [6, 6.07) is 7.63. The lowest BCUT2D eigenvalue weighted by Crippen LogP contribution is -2.34. The van der Waals surface area contributed by atoms with Gasteiger partial charge in [0, 0.05) is 55.9 Å². The molecule has 46 heavy (non-hydrogen) atoms. The molecule has 3 N–H and O–H groups in total. The third kappa shape index (κ3) is 7.97. The smallest absolute Gasteiger partial charge is 0.433 e. The number of carboxylic acid groups (broad SMARTS) is 1. The number of carbonyl (C=O) groups excluding carboxylic acids is 1. The van der Waals surface area contributed by atoms with Gasteiger partial charge < -0.3 is 19.7 Å². The van der Waals surface area contributed by atoms with Crippen LogP contribution in [0.15, 0.2) is 36.5 Å². The monoisotopic (exact) mass is 639 g/mol. The largest absolute Gasteiger partial charge is 0.481 e. The number of hydrogen-bond donors (Lipinski definition) is 3. The Bertz CT molecular complexity index is 1730. The Morgan fingerprint density at radius 1 is 1.13 bits per heavy atom. The van der Waals surface area contributed by atoms with Gasteiger partial charge in [0.05, 0.1) is 18.0 Å².